The highest BCUT2D eigenvalue weighted by molar-refractivity contribution is 5.94. The molecule has 4 saturated carbocycles. The van der Waals surface area contributed by atoms with E-state index in [1.165, 1.54) is 16.7 Å². The van der Waals surface area contributed by atoms with Crippen LogP contribution in [0.5, 0.6) is 17.2 Å². The van der Waals surface area contributed by atoms with Crippen LogP contribution in [0.25, 0.3) is 32.3 Å². The molecule has 0 saturated heterocycles. The summed E-state index contributed by atoms with van der Waals surface area (Å²) in [5.41, 5.74) is 3.82. The fraction of sp³-hybridized carbons (Fsp3) is 0.250. The molecule has 3 nitrogen and oxygen atoms in total. The maximum absolute atomic E-state index is 10.9. The molecule has 0 amide bonds. The lowest BCUT2D eigenvalue weighted by molar-refractivity contribution is -0.0476. The molecule has 0 atom stereocenters. The second-order valence-electron chi connectivity index (χ2n) is 13.9. The van der Waals surface area contributed by atoms with Crippen molar-refractivity contribution >= 4 is 32.3 Å². The number of hydrogen-bond donors (Lipinski definition) is 3. The van der Waals surface area contributed by atoms with Gasteiger partial charge in [-0.2, -0.15) is 0 Å². The Labute approximate surface area is 251 Å². The van der Waals surface area contributed by atoms with Crippen molar-refractivity contribution in [3.05, 3.63) is 126 Å². The molecule has 3 N–H and O–H groups in total. The first-order valence-corrected chi connectivity index (χ1v) is 15.5. The van der Waals surface area contributed by atoms with Gasteiger partial charge in [0, 0.05) is 16.2 Å². The van der Waals surface area contributed by atoms with Crippen LogP contribution < -0.4 is 0 Å². The van der Waals surface area contributed by atoms with Crippen molar-refractivity contribution in [2.75, 3.05) is 0 Å². The quantitative estimate of drug-likeness (QED) is 0.201. The van der Waals surface area contributed by atoms with Gasteiger partial charge in [0.1, 0.15) is 17.2 Å². The number of fused-ring (bicyclic) bond motifs is 3. The summed E-state index contributed by atoms with van der Waals surface area (Å²) in [7, 11) is 0. The van der Waals surface area contributed by atoms with Gasteiger partial charge in [-0.3, -0.25) is 0 Å². The van der Waals surface area contributed by atoms with Gasteiger partial charge < -0.3 is 15.3 Å². The Balaban J connectivity index is 1.35. The fourth-order valence-corrected chi connectivity index (χ4v) is 10.6. The van der Waals surface area contributed by atoms with Crippen LogP contribution in [0, 0.1) is 5.92 Å². The highest BCUT2D eigenvalue weighted by atomic mass is 16.3. The first-order valence-electron chi connectivity index (χ1n) is 15.5. The van der Waals surface area contributed by atoms with E-state index in [1.807, 2.05) is 54.6 Å². The molecular weight excluding hydrogens is 528 g/mol. The van der Waals surface area contributed by atoms with Crippen LogP contribution in [-0.4, -0.2) is 15.3 Å². The van der Waals surface area contributed by atoms with E-state index in [0.717, 1.165) is 70.8 Å². The number of rotatable bonds is 3. The lowest BCUT2D eigenvalue weighted by Gasteiger charge is -2.67. The summed E-state index contributed by atoms with van der Waals surface area (Å²) >= 11 is 0. The normalized spacial score (nSPS) is 27.8. The summed E-state index contributed by atoms with van der Waals surface area (Å²) in [6.07, 6.45) is 6.53. The van der Waals surface area contributed by atoms with Gasteiger partial charge in [-0.1, -0.05) is 91.0 Å². The maximum atomic E-state index is 10.9. The van der Waals surface area contributed by atoms with Gasteiger partial charge in [0.15, 0.2) is 0 Å². The minimum atomic E-state index is -0.0787. The molecule has 10 rings (SSSR count). The van der Waals surface area contributed by atoms with Gasteiger partial charge in [-0.05, 0) is 112 Å². The molecule has 6 aromatic carbocycles. The SMILES string of the molecule is Oc1ccc(C23CC4CC(c5ccc(O)c6ccccc56)(C2)CC(c2ccc(O)c5ccccc25)(C4)C3)c2ccccc12. The number of phenols is 3. The molecule has 6 aromatic rings. The monoisotopic (exact) mass is 562 g/mol. The van der Waals surface area contributed by atoms with Crippen molar-refractivity contribution in [2.24, 2.45) is 5.92 Å². The molecule has 0 aromatic heterocycles. The van der Waals surface area contributed by atoms with Gasteiger partial charge in [0.2, 0.25) is 0 Å². The second-order valence-corrected chi connectivity index (χ2v) is 13.9. The molecular formula is C40H34O3. The Kier molecular flexibility index (Phi) is 4.97. The fourth-order valence-electron chi connectivity index (χ4n) is 10.6. The Morgan fingerprint density at radius 2 is 0.651 bits per heavy atom. The van der Waals surface area contributed by atoms with Gasteiger partial charge in [0.25, 0.3) is 0 Å². The topological polar surface area (TPSA) is 60.7 Å². The number of phenolic OH excluding ortho intramolecular Hbond substituents is 3. The molecule has 43 heavy (non-hydrogen) atoms. The van der Waals surface area contributed by atoms with Crippen LogP contribution in [-0.2, 0) is 16.2 Å². The van der Waals surface area contributed by atoms with Gasteiger partial charge in [0.05, 0.1) is 0 Å². The van der Waals surface area contributed by atoms with Crippen LogP contribution in [0.1, 0.15) is 55.2 Å². The van der Waals surface area contributed by atoms with E-state index in [-0.39, 0.29) is 16.2 Å². The number of hydrogen-bond acceptors (Lipinski definition) is 3. The van der Waals surface area contributed by atoms with E-state index in [9.17, 15) is 15.3 Å². The minimum Gasteiger partial charge on any atom is -0.507 e. The van der Waals surface area contributed by atoms with Crippen LogP contribution >= 0.6 is 0 Å². The Morgan fingerprint density at radius 1 is 0.372 bits per heavy atom. The highest BCUT2D eigenvalue weighted by Gasteiger charge is 2.65. The molecule has 3 heteroatoms. The van der Waals surface area contributed by atoms with Crippen LogP contribution in [0.3, 0.4) is 0 Å². The molecule has 0 radical (unpaired) electrons. The van der Waals surface area contributed by atoms with Gasteiger partial charge >= 0.3 is 0 Å². The zero-order valence-corrected chi connectivity index (χ0v) is 24.1. The summed E-state index contributed by atoms with van der Waals surface area (Å²) in [5.74, 6) is 1.54. The molecule has 4 aliphatic rings. The zero-order valence-electron chi connectivity index (χ0n) is 24.1. The van der Waals surface area contributed by atoms with Crippen molar-refractivity contribution in [3.63, 3.8) is 0 Å². The average molecular weight is 563 g/mol. The van der Waals surface area contributed by atoms with Crippen molar-refractivity contribution in [1.29, 1.82) is 0 Å². The van der Waals surface area contributed by atoms with Crippen LogP contribution in [0.15, 0.2) is 109 Å². The predicted molar refractivity (Wildman–Crippen MR) is 173 cm³/mol. The van der Waals surface area contributed by atoms with Crippen molar-refractivity contribution in [3.8, 4) is 17.2 Å². The van der Waals surface area contributed by atoms with Crippen LogP contribution in [0.4, 0.5) is 0 Å². The Bertz CT molecular complexity index is 1860. The van der Waals surface area contributed by atoms with E-state index in [1.54, 1.807) is 0 Å². The summed E-state index contributed by atoms with van der Waals surface area (Å²) in [6, 6.07) is 37.3. The molecule has 0 unspecified atom stereocenters. The van der Waals surface area contributed by atoms with Crippen molar-refractivity contribution < 1.29 is 15.3 Å². The average Bonchev–Trinajstić information content (AvgIpc) is 3.01. The third kappa shape index (κ3) is 3.37. The number of benzene rings is 6. The van der Waals surface area contributed by atoms with Gasteiger partial charge in [-0.25, -0.2) is 0 Å². The standard InChI is InChI=1S/C40H34O3/c41-35-16-13-32(26-7-1-4-10-29(26)35)38-19-25-20-39(22-38,33-14-17-36(42)30-11-5-2-8-27(30)33)24-40(21-25,23-38)34-15-18-37(43)31-12-6-3-9-28(31)34/h1-18,25,41-43H,19-24H2. The lowest BCUT2D eigenvalue weighted by atomic mass is 9.36. The van der Waals surface area contributed by atoms with E-state index in [4.69, 9.17) is 0 Å². The Morgan fingerprint density at radius 3 is 0.953 bits per heavy atom. The molecule has 0 heterocycles. The van der Waals surface area contributed by atoms with Crippen molar-refractivity contribution in [1.82, 2.24) is 0 Å². The molecule has 212 valence electrons. The van der Waals surface area contributed by atoms with Crippen molar-refractivity contribution in [2.45, 2.75) is 54.8 Å². The third-order valence-electron chi connectivity index (χ3n) is 11.5. The lowest BCUT2D eigenvalue weighted by Crippen LogP contribution is -2.62. The van der Waals surface area contributed by atoms with E-state index >= 15 is 0 Å². The summed E-state index contributed by atoms with van der Waals surface area (Å²) < 4.78 is 0. The van der Waals surface area contributed by atoms with E-state index in [2.05, 4.69) is 54.6 Å². The zero-order chi connectivity index (χ0) is 29.0. The molecule has 4 bridgehead atoms. The second kappa shape index (κ2) is 8.54. The smallest absolute Gasteiger partial charge is 0.123 e. The minimum absolute atomic E-state index is 0.0787. The first kappa shape index (κ1) is 25.0. The third-order valence-corrected chi connectivity index (χ3v) is 11.5. The largest absolute Gasteiger partial charge is 0.507 e. The first-order chi connectivity index (χ1) is 20.9. The van der Waals surface area contributed by atoms with E-state index < -0.39 is 0 Å². The molecule has 0 aliphatic heterocycles. The molecule has 4 fully saturated rings. The maximum Gasteiger partial charge on any atom is 0.123 e. The Hall–Kier alpha value is -4.50. The summed E-state index contributed by atoms with van der Waals surface area (Å²) in [5, 5.41) is 38.9. The van der Waals surface area contributed by atoms with Crippen LogP contribution in [0.2, 0.25) is 0 Å². The highest BCUT2D eigenvalue weighted by Crippen LogP contribution is 2.72. The summed E-state index contributed by atoms with van der Waals surface area (Å²) in [4.78, 5) is 0. The van der Waals surface area contributed by atoms with Gasteiger partial charge in [-0.15, -0.1) is 0 Å². The number of aromatic hydroxyl groups is 3. The molecule has 4 aliphatic carbocycles. The predicted octanol–water partition coefficient (Wildman–Crippen LogP) is 9.37. The van der Waals surface area contributed by atoms with E-state index in [0.29, 0.717) is 23.2 Å². The molecule has 0 spiro atoms. The summed E-state index contributed by atoms with van der Waals surface area (Å²) in [6.45, 7) is 0.